The SMILES string of the molecule is CCOc1ccc2c(c1)OOC2. The number of hydrogen-bond donors (Lipinski definition) is 0. The molecule has 1 heterocycles. The summed E-state index contributed by atoms with van der Waals surface area (Å²) in [6, 6.07) is 5.71. The first kappa shape index (κ1) is 7.43. The molecule has 3 heteroatoms. The Labute approximate surface area is 70.8 Å². The van der Waals surface area contributed by atoms with Gasteiger partial charge in [0.1, 0.15) is 12.4 Å². The van der Waals surface area contributed by atoms with E-state index < -0.39 is 0 Å². The van der Waals surface area contributed by atoms with Crippen molar-refractivity contribution in [3.63, 3.8) is 0 Å². The van der Waals surface area contributed by atoms with Gasteiger partial charge in [0.2, 0.25) is 0 Å². The average Bonchev–Trinajstić information content (AvgIpc) is 2.51. The van der Waals surface area contributed by atoms with Crippen LogP contribution in [-0.4, -0.2) is 6.61 Å². The van der Waals surface area contributed by atoms with Gasteiger partial charge in [0.25, 0.3) is 0 Å². The topological polar surface area (TPSA) is 27.7 Å². The summed E-state index contributed by atoms with van der Waals surface area (Å²) in [5.41, 5.74) is 1.07. The minimum Gasteiger partial charge on any atom is -0.494 e. The molecule has 0 saturated heterocycles. The van der Waals surface area contributed by atoms with Gasteiger partial charge in [-0.05, 0) is 19.1 Å². The van der Waals surface area contributed by atoms with E-state index in [1.807, 2.05) is 25.1 Å². The summed E-state index contributed by atoms with van der Waals surface area (Å²) >= 11 is 0. The molecule has 0 atom stereocenters. The Bertz CT molecular complexity index is 283. The van der Waals surface area contributed by atoms with Crippen molar-refractivity contribution in [2.24, 2.45) is 0 Å². The highest BCUT2D eigenvalue weighted by Gasteiger charge is 2.13. The van der Waals surface area contributed by atoms with Crippen molar-refractivity contribution in [2.75, 3.05) is 6.61 Å². The first-order valence-corrected chi connectivity index (χ1v) is 3.95. The van der Waals surface area contributed by atoms with E-state index in [0.717, 1.165) is 17.1 Å². The normalized spacial score (nSPS) is 13.8. The number of ether oxygens (including phenoxy) is 1. The smallest absolute Gasteiger partial charge is 0.174 e. The maximum absolute atomic E-state index is 5.30. The van der Waals surface area contributed by atoms with Crippen LogP contribution >= 0.6 is 0 Å². The van der Waals surface area contributed by atoms with Crippen molar-refractivity contribution in [3.05, 3.63) is 23.8 Å². The van der Waals surface area contributed by atoms with E-state index in [2.05, 4.69) is 0 Å². The maximum Gasteiger partial charge on any atom is 0.174 e. The van der Waals surface area contributed by atoms with Crippen molar-refractivity contribution in [1.29, 1.82) is 0 Å². The van der Waals surface area contributed by atoms with Gasteiger partial charge >= 0.3 is 0 Å². The van der Waals surface area contributed by atoms with Crippen LogP contribution in [0.1, 0.15) is 12.5 Å². The lowest BCUT2D eigenvalue weighted by molar-refractivity contribution is -0.194. The highest BCUT2D eigenvalue weighted by Crippen LogP contribution is 2.29. The third kappa shape index (κ3) is 1.23. The number of benzene rings is 1. The largest absolute Gasteiger partial charge is 0.494 e. The molecule has 0 fully saturated rings. The predicted molar refractivity (Wildman–Crippen MR) is 43.0 cm³/mol. The Morgan fingerprint density at radius 3 is 3.25 bits per heavy atom. The van der Waals surface area contributed by atoms with Gasteiger partial charge in [0, 0.05) is 11.6 Å². The third-order valence-corrected chi connectivity index (χ3v) is 1.71. The Morgan fingerprint density at radius 2 is 2.42 bits per heavy atom. The summed E-state index contributed by atoms with van der Waals surface area (Å²) in [6.45, 7) is 3.14. The zero-order valence-electron chi connectivity index (χ0n) is 6.87. The first-order valence-electron chi connectivity index (χ1n) is 3.95. The predicted octanol–water partition coefficient (Wildman–Crippen LogP) is 1.91. The van der Waals surface area contributed by atoms with Gasteiger partial charge in [-0.2, -0.15) is 4.89 Å². The summed E-state index contributed by atoms with van der Waals surface area (Å²) in [5, 5.41) is 0. The van der Waals surface area contributed by atoms with Crippen LogP contribution in [0.5, 0.6) is 11.5 Å². The minimum atomic E-state index is 0.530. The second kappa shape index (κ2) is 3.03. The minimum absolute atomic E-state index is 0.530. The fourth-order valence-electron chi connectivity index (χ4n) is 1.14. The van der Waals surface area contributed by atoms with Crippen LogP contribution < -0.4 is 9.62 Å². The molecule has 0 bridgehead atoms. The van der Waals surface area contributed by atoms with Gasteiger partial charge in [-0.25, -0.2) is 0 Å². The molecular formula is C9H10O3. The van der Waals surface area contributed by atoms with Gasteiger partial charge in [0.15, 0.2) is 5.75 Å². The van der Waals surface area contributed by atoms with Crippen LogP contribution in [0.15, 0.2) is 18.2 Å². The molecular weight excluding hydrogens is 156 g/mol. The van der Waals surface area contributed by atoms with Gasteiger partial charge in [-0.15, -0.1) is 0 Å². The van der Waals surface area contributed by atoms with Gasteiger partial charge < -0.3 is 9.62 Å². The van der Waals surface area contributed by atoms with E-state index in [1.54, 1.807) is 0 Å². The maximum atomic E-state index is 5.30. The fraction of sp³-hybridized carbons (Fsp3) is 0.333. The highest BCUT2D eigenvalue weighted by molar-refractivity contribution is 5.41. The lowest BCUT2D eigenvalue weighted by Gasteiger charge is -2.02. The van der Waals surface area contributed by atoms with Crippen LogP contribution in [0, 0.1) is 0 Å². The summed E-state index contributed by atoms with van der Waals surface area (Å²) in [6.07, 6.45) is 0. The van der Waals surface area contributed by atoms with Crippen molar-refractivity contribution in [2.45, 2.75) is 13.5 Å². The quantitative estimate of drug-likeness (QED) is 0.628. The Kier molecular flexibility index (Phi) is 1.87. The van der Waals surface area contributed by atoms with Crippen molar-refractivity contribution in [1.82, 2.24) is 0 Å². The molecule has 1 aromatic carbocycles. The molecule has 0 aliphatic carbocycles. The molecule has 1 aliphatic rings. The molecule has 1 aromatic rings. The van der Waals surface area contributed by atoms with Gasteiger partial charge in [-0.3, -0.25) is 0 Å². The van der Waals surface area contributed by atoms with Crippen LogP contribution in [0.3, 0.4) is 0 Å². The van der Waals surface area contributed by atoms with Crippen LogP contribution in [0.4, 0.5) is 0 Å². The molecule has 0 aromatic heterocycles. The molecule has 0 spiro atoms. The lowest BCUT2D eigenvalue weighted by Crippen LogP contribution is -1.91. The molecule has 0 unspecified atom stereocenters. The van der Waals surface area contributed by atoms with E-state index in [-0.39, 0.29) is 0 Å². The van der Waals surface area contributed by atoms with Gasteiger partial charge in [0.05, 0.1) is 6.61 Å². The number of fused-ring (bicyclic) bond motifs is 1. The molecule has 0 saturated carbocycles. The Morgan fingerprint density at radius 1 is 1.50 bits per heavy atom. The highest BCUT2D eigenvalue weighted by atomic mass is 17.2. The van der Waals surface area contributed by atoms with E-state index in [4.69, 9.17) is 14.5 Å². The molecule has 0 N–H and O–H groups in total. The average molecular weight is 166 g/mol. The molecule has 12 heavy (non-hydrogen) atoms. The number of rotatable bonds is 2. The summed E-state index contributed by atoms with van der Waals surface area (Å²) in [5.74, 6) is 1.59. The van der Waals surface area contributed by atoms with Crippen molar-refractivity contribution < 1.29 is 14.5 Å². The second-order valence-electron chi connectivity index (χ2n) is 2.55. The number of hydrogen-bond acceptors (Lipinski definition) is 3. The zero-order valence-corrected chi connectivity index (χ0v) is 6.87. The Hall–Kier alpha value is -1.22. The molecule has 2 rings (SSSR count). The van der Waals surface area contributed by atoms with Crippen LogP contribution in [0.25, 0.3) is 0 Å². The molecule has 0 amide bonds. The Balaban J connectivity index is 2.26. The van der Waals surface area contributed by atoms with Crippen LogP contribution in [0.2, 0.25) is 0 Å². The van der Waals surface area contributed by atoms with Crippen molar-refractivity contribution >= 4 is 0 Å². The molecule has 3 nitrogen and oxygen atoms in total. The third-order valence-electron chi connectivity index (χ3n) is 1.71. The second-order valence-corrected chi connectivity index (χ2v) is 2.55. The molecule has 0 radical (unpaired) electrons. The molecule has 64 valence electrons. The lowest BCUT2D eigenvalue weighted by atomic mass is 10.2. The van der Waals surface area contributed by atoms with Crippen molar-refractivity contribution in [3.8, 4) is 11.5 Å². The van der Waals surface area contributed by atoms with Crippen LogP contribution in [-0.2, 0) is 11.5 Å². The summed E-state index contributed by atoms with van der Waals surface area (Å²) < 4.78 is 5.30. The van der Waals surface area contributed by atoms with E-state index in [1.165, 1.54) is 0 Å². The van der Waals surface area contributed by atoms with E-state index >= 15 is 0 Å². The van der Waals surface area contributed by atoms with E-state index in [0.29, 0.717) is 13.2 Å². The summed E-state index contributed by atoms with van der Waals surface area (Å²) in [7, 11) is 0. The fourth-order valence-corrected chi connectivity index (χ4v) is 1.14. The van der Waals surface area contributed by atoms with Gasteiger partial charge in [-0.1, -0.05) is 0 Å². The monoisotopic (exact) mass is 166 g/mol. The first-order chi connectivity index (χ1) is 5.90. The molecule has 1 aliphatic heterocycles. The zero-order chi connectivity index (χ0) is 8.39. The van der Waals surface area contributed by atoms with E-state index in [9.17, 15) is 0 Å². The standard InChI is InChI=1S/C9H10O3/c1-2-10-8-4-3-7-6-11-12-9(7)5-8/h3-5H,2,6H2,1H3. The summed E-state index contributed by atoms with van der Waals surface area (Å²) in [4.78, 5) is 9.70.